The van der Waals surface area contributed by atoms with Gasteiger partial charge in [0, 0.05) is 63.4 Å². The van der Waals surface area contributed by atoms with Crippen LogP contribution < -0.4 is 25.0 Å². The molecule has 5 heterocycles. The summed E-state index contributed by atoms with van der Waals surface area (Å²) in [6, 6.07) is 11.5. The van der Waals surface area contributed by atoms with Crippen molar-refractivity contribution in [2.45, 2.75) is 69.9 Å². The van der Waals surface area contributed by atoms with Crippen molar-refractivity contribution < 1.29 is 52.4 Å². The average molecular weight is 868 g/mol. The lowest BCUT2D eigenvalue weighted by Gasteiger charge is -2.42. The van der Waals surface area contributed by atoms with Gasteiger partial charge < -0.3 is 53.1 Å². The van der Waals surface area contributed by atoms with Crippen molar-refractivity contribution in [3.8, 4) is 22.6 Å². The number of anilines is 3. The number of hydrogen-bond donors (Lipinski definition) is 2. The van der Waals surface area contributed by atoms with Crippen LogP contribution in [0.4, 0.5) is 22.0 Å². The first-order chi connectivity index (χ1) is 30.5. The topological polar surface area (TPSA) is 194 Å². The molecule has 2 aromatic heterocycles. The fraction of sp³-hybridized carbons (Fsp3) is 0.422. The highest BCUT2D eigenvalue weighted by molar-refractivity contribution is 6.06. The lowest BCUT2D eigenvalue weighted by Crippen LogP contribution is -2.57. The molecule has 0 saturated carbocycles. The van der Waals surface area contributed by atoms with E-state index in [4.69, 9.17) is 28.4 Å². The van der Waals surface area contributed by atoms with E-state index in [0.717, 1.165) is 36.8 Å². The van der Waals surface area contributed by atoms with Crippen molar-refractivity contribution in [2.75, 3.05) is 56.1 Å². The average Bonchev–Trinajstić information content (AvgIpc) is 3.85. The second kappa shape index (κ2) is 20.0. The van der Waals surface area contributed by atoms with Gasteiger partial charge in [-0.2, -0.15) is 0 Å². The Labute approximate surface area is 365 Å². The zero-order chi connectivity index (χ0) is 44.6. The van der Waals surface area contributed by atoms with Crippen LogP contribution in [0.1, 0.15) is 82.8 Å². The maximum Gasteiger partial charge on any atom is 0.416 e. The van der Waals surface area contributed by atoms with Gasteiger partial charge in [0.1, 0.15) is 12.3 Å². The number of fused-ring (bicyclic) bond motifs is 2. The number of methoxy groups -OCH3 is 2. The van der Waals surface area contributed by atoms with Crippen LogP contribution in [0.15, 0.2) is 67.5 Å². The first kappa shape index (κ1) is 44.4. The largest absolute Gasteiger partial charge is 0.493 e. The minimum Gasteiger partial charge on any atom is -0.493 e. The molecule has 18 heteroatoms. The number of nitrogens with one attached hydrogen (secondary N) is 2. The molecule has 18 nitrogen and oxygen atoms in total. The number of ether oxygens (including phenoxy) is 6. The molecule has 3 aliphatic heterocycles. The molecule has 0 aliphatic carbocycles. The predicted octanol–water partition coefficient (Wildman–Crippen LogP) is 6.28. The van der Waals surface area contributed by atoms with Crippen LogP contribution in [-0.4, -0.2) is 108 Å². The van der Waals surface area contributed by atoms with E-state index in [1.807, 2.05) is 18.3 Å². The summed E-state index contributed by atoms with van der Waals surface area (Å²) in [5.41, 5.74) is 3.07. The summed E-state index contributed by atoms with van der Waals surface area (Å²) in [5, 5.41) is 5.56. The van der Waals surface area contributed by atoms with E-state index in [1.165, 1.54) is 29.8 Å². The van der Waals surface area contributed by atoms with Crippen LogP contribution in [-0.2, 0) is 37.8 Å². The summed E-state index contributed by atoms with van der Waals surface area (Å²) in [6.07, 6.45) is 7.71. The summed E-state index contributed by atoms with van der Waals surface area (Å²) >= 11 is 0. The fourth-order valence-electron chi connectivity index (χ4n) is 8.01. The van der Waals surface area contributed by atoms with Crippen molar-refractivity contribution in [2.24, 2.45) is 14.1 Å². The standard InChI is InChI=1S/C45H53N7O11/c1-6-20-62-45(57)52-33-25-36(35(58-4)24-31(33)42(55)51-19-9-7-12-32(51)43(52)63-39-14-8-10-21-61-39)60-22-11-13-38(53)47-37-27-50(3)40(48-37)41(54)46-30-17-15-28(16-18-30)29-23-34(44(56)59-5)49(2)26-29/h6,15-18,23-27,32,39,43H,1,7-14,19-22H2,2-5H3,(H,46,54)(H,47,53). The third-order valence-electron chi connectivity index (χ3n) is 11.1. The molecule has 2 saturated heterocycles. The van der Waals surface area contributed by atoms with Gasteiger partial charge in [-0.1, -0.05) is 24.8 Å². The zero-order valence-electron chi connectivity index (χ0n) is 35.9. The van der Waals surface area contributed by atoms with Gasteiger partial charge in [0.2, 0.25) is 11.7 Å². The number of nitrogens with zero attached hydrogens (tertiary/aromatic N) is 5. The monoisotopic (exact) mass is 867 g/mol. The normalized spacial score (nSPS) is 18.3. The molecule has 4 aromatic rings. The summed E-state index contributed by atoms with van der Waals surface area (Å²) in [5.74, 6) is -0.739. The maximum atomic E-state index is 14.2. The summed E-state index contributed by atoms with van der Waals surface area (Å²) in [4.78, 5) is 73.9. The Kier molecular flexibility index (Phi) is 14.1. The molecular weight excluding hydrogens is 815 g/mol. The van der Waals surface area contributed by atoms with Crippen LogP contribution in [0.2, 0.25) is 0 Å². The smallest absolute Gasteiger partial charge is 0.416 e. The Balaban J connectivity index is 0.994. The van der Waals surface area contributed by atoms with Gasteiger partial charge in [-0.3, -0.25) is 14.4 Å². The van der Waals surface area contributed by atoms with Crippen molar-refractivity contribution in [1.29, 1.82) is 0 Å². The lowest BCUT2D eigenvalue weighted by molar-refractivity contribution is -0.198. The Bertz CT molecular complexity index is 2330. The molecule has 3 aliphatic rings. The Morgan fingerprint density at radius 1 is 0.937 bits per heavy atom. The second-order valence-corrected chi connectivity index (χ2v) is 15.4. The molecule has 7 rings (SSSR count). The highest BCUT2D eigenvalue weighted by Crippen LogP contribution is 2.42. The Morgan fingerprint density at radius 3 is 2.46 bits per heavy atom. The van der Waals surface area contributed by atoms with Crippen molar-refractivity contribution >= 4 is 47.0 Å². The number of amides is 4. The molecular formula is C45H53N7O11. The van der Waals surface area contributed by atoms with E-state index in [1.54, 1.807) is 60.1 Å². The molecule has 3 atom stereocenters. The van der Waals surface area contributed by atoms with E-state index in [0.29, 0.717) is 37.4 Å². The van der Waals surface area contributed by atoms with E-state index in [-0.39, 0.29) is 72.3 Å². The van der Waals surface area contributed by atoms with Gasteiger partial charge in [-0.05, 0) is 74.8 Å². The molecule has 0 spiro atoms. The van der Waals surface area contributed by atoms with Gasteiger partial charge in [-0.25, -0.2) is 19.5 Å². The number of aryl methyl sites for hydroxylation is 2. The molecule has 0 radical (unpaired) electrons. The molecule has 334 valence electrons. The molecule has 2 aromatic carbocycles. The number of carbonyl (C=O) groups excluding carboxylic acids is 5. The van der Waals surface area contributed by atoms with Crippen LogP contribution in [0.25, 0.3) is 11.1 Å². The van der Waals surface area contributed by atoms with Gasteiger partial charge in [0.05, 0.1) is 38.1 Å². The number of imidazole rings is 1. The molecule has 4 amide bonds. The fourth-order valence-corrected chi connectivity index (χ4v) is 8.01. The van der Waals surface area contributed by atoms with Gasteiger partial charge in [0.25, 0.3) is 11.8 Å². The zero-order valence-corrected chi connectivity index (χ0v) is 35.9. The Hall–Kier alpha value is -6.66. The molecule has 2 fully saturated rings. The van der Waals surface area contributed by atoms with E-state index in [9.17, 15) is 24.0 Å². The summed E-state index contributed by atoms with van der Waals surface area (Å²) in [6.45, 7) is 4.73. The Morgan fingerprint density at radius 2 is 1.73 bits per heavy atom. The quantitative estimate of drug-likeness (QED) is 0.0773. The number of aromatic nitrogens is 3. The first-order valence-corrected chi connectivity index (χ1v) is 21.0. The first-order valence-electron chi connectivity index (χ1n) is 21.0. The second-order valence-electron chi connectivity index (χ2n) is 15.4. The SMILES string of the molecule is C=CCOC(=O)N1c2cc(OCCCC(=O)Nc3cn(C)c(C(=O)Nc4ccc(-c5cc(C(=O)OC)n(C)c5)cc4)n3)c(OC)cc2C(=O)N2CCCCC2C1OC1CCCCO1. The van der Waals surface area contributed by atoms with Gasteiger partial charge in [0.15, 0.2) is 29.8 Å². The number of esters is 1. The summed E-state index contributed by atoms with van der Waals surface area (Å²) < 4.78 is 38.0. The highest BCUT2D eigenvalue weighted by atomic mass is 16.7. The van der Waals surface area contributed by atoms with Gasteiger partial charge >= 0.3 is 12.1 Å². The number of rotatable bonds is 15. The van der Waals surface area contributed by atoms with Gasteiger partial charge in [-0.15, -0.1) is 0 Å². The van der Waals surface area contributed by atoms with E-state index >= 15 is 0 Å². The molecule has 63 heavy (non-hydrogen) atoms. The van der Waals surface area contributed by atoms with Crippen molar-refractivity contribution in [3.63, 3.8) is 0 Å². The molecule has 2 N–H and O–H groups in total. The van der Waals surface area contributed by atoms with Crippen molar-refractivity contribution in [3.05, 3.63) is 84.6 Å². The lowest BCUT2D eigenvalue weighted by atomic mass is 10.00. The minimum absolute atomic E-state index is 0.0483. The number of hydrogen-bond acceptors (Lipinski definition) is 12. The third kappa shape index (κ3) is 10.0. The summed E-state index contributed by atoms with van der Waals surface area (Å²) in [7, 11) is 6.19. The minimum atomic E-state index is -0.907. The number of benzene rings is 2. The van der Waals surface area contributed by atoms with Crippen LogP contribution in [0.5, 0.6) is 11.5 Å². The maximum absolute atomic E-state index is 14.2. The van der Waals surface area contributed by atoms with Crippen LogP contribution in [0.3, 0.4) is 0 Å². The molecule has 0 bridgehead atoms. The van der Waals surface area contributed by atoms with Crippen LogP contribution in [0, 0.1) is 0 Å². The van der Waals surface area contributed by atoms with E-state index < -0.39 is 36.5 Å². The van der Waals surface area contributed by atoms with Crippen LogP contribution >= 0.6 is 0 Å². The number of piperidine rings is 1. The predicted molar refractivity (Wildman–Crippen MR) is 231 cm³/mol. The van der Waals surface area contributed by atoms with Crippen molar-refractivity contribution in [1.82, 2.24) is 19.0 Å². The van der Waals surface area contributed by atoms with E-state index in [2.05, 4.69) is 22.2 Å². The molecule has 3 unspecified atom stereocenters. The number of carbonyl (C=O) groups is 5. The third-order valence-corrected chi connectivity index (χ3v) is 11.1. The highest BCUT2D eigenvalue weighted by Gasteiger charge is 2.47.